The molecule has 1 saturated heterocycles. The van der Waals surface area contributed by atoms with Gasteiger partial charge in [-0.2, -0.15) is 5.26 Å². The van der Waals surface area contributed by atoms with Crippen molar-refractivity contribution in [1.82, 2.24) is 4.90 Å². The number of anilines is 1. The molecule has 1 spiro atoms. The molecule has 2 aliphatic rings. The summed E-state index contributed by atoms with van der Waals surface area (Å²) in [4.78, 5) is 15.2. The van der Waals surface area contributed by atoms with Gasteiger partial charge in [0.05, 0.1) is 29.9 Å². The highest BCUT2D eigenvalue weighted by molar-refractivity contribution is 7.92. The second-order valence-electron chi connectivity index (χ2n) is 8.37. The molecule has 162 valence electrons. The van der Waals surface area contributed by atoms with Crippen LogP contribution in [0, 0.1) is 11.3 Å². The van der Waals surface area contributed by atoms with Gasteiger partial charge in [-0.3, -0.25) is 9.52 Å². The van der Waals surface area contributed by atoms with Gasteiger partial charge in [-0.1, -0.05) is 12.1 Å². The van der Waals surface area contributed by atoms with Crippen LogP contribution in [0.5, 0.6) is 5.75 Å². The number of hydrogen-bond donors (Lipinski definition) is 1. The number of rotatable bonds is 5. The maximum atomic E-state index is 12.8. The number of fused-ring (bicyclic) bond motifs is 1. The van der Waals surface area contributed by atoms with Gasteiger partial charge in [0.2, 0.25) is 10.0 Å². The minimum absolute atomic E-state index is 0.00978. The Hall–Kier alpha value is -2.89. The van der Waals surface area contributed by atoms with Gasteiger partial charge in [0.25, 0.3) is 0 Å². The Labute approximate surface area is 182 Å². The summed E-state index contributed by atoms with van der Waals surface area (Å²) in [5, 5.41) is 8.90. The van der Waals surface area contributed by atoms with E-state index in [1.807, 2.05) is 24.3 Å². The van der Waals surface area contributed by atoms with Gasteiger partial charge in [0.1, 0.15) is 11.4 Å². The molecule has 0 aliphatic carbocycles. The van der Waals surface area contributed by atoms with E-state index in [0.29, 0.717) is 29.0 Å². The van der Waals surface area contributed by atoms with Gasteiger partial charge in [0, 0.05) is 38.2 Å². The smallest absolute Gasteiger partial charge is 0.229 e. The maximum absolute atomic E-state index is 12.8. The van der Waals surface area contributed by atoms with E-state index in [0.717, 1.165) is 45.2 Å². The number of sulfonamides is 1. The molecule has 1 N–H and O–H groups in total. The van der Waals surface area contributed by atoms with Crippen molar-refractivity contribution in [2.45, 2.75) is 31.3 Å². The Morgan fingerprint density at radius 2 is 1.87 bits per heavy atom. The first kappa shape index (κ1) is 21.3. The second kappa shape index (κ2) is 8.33. The lowest BCUT2D eigenvalue weighted by atomic mass is 9.82. The highest BCUT2D eigenvalue weighted by atomic mass is 32.2. The van der Waals surface area contributed by atoms with Gasteiger partial charge in [-0.05, 0) is 42.3 Å². The van der Waals surface area contributed by atoms with Crippen molar-refractivity contribution in [2.24, 2.45) is 0 Å². The summed E-state index contributed by atoms with van der Waals surface area (Å²) in [6, 6.07) is 14.7. The van der Waals surface area contributed by atoms with Crippen molar-refractivity contribution < 1.29 is 17.9 Å². The molecular weight excluding hydrogens is 414 g/mol. The third-order valence-corrected chi connectivity index (χ3v) is 6.57. The van der Waals surface area contributed by atoms with Crippen LogP contribution in [0.25, 0.3) is 0 Å². The van der Waals surface area contributed by atoms with E-state index >= 15 is 0 Å². The number of carbonyl (C=O) groups excluding carboxylic acids is 1. The number of hydrogen-bond acceptors (Lipinski definition) is 6. The van der Waals surface area contributed by atoms with Gasteiger partial charge < -0.3 is 9.64 Å². The van der Waals surface area contributed by atoms with Crippen LogP contribution < -0.4 is 9.46 Å². The van der Waals surface area contributed by atoms with Crippen molar-refractivity contribution >= 4 is 21.5 Å². The molecule has 0 saturated carbocycles. The third kappa shape index (κ3) is 5.06. The number of nitriles is 1. The van der Waals surface area contributed by atoms with E-state index in [1.165, 1.54) is 5.56 Å². The number of likely N-dealkylation sites (tertiary alicyclic amines) is 1. The zero-order valence-electron chi connectivity index (χ0n) is 17.4. The first-order valence-corrected chi connectivity index (χ1v) is 12.2. The zero-order valence-corrected chi connectivity index (χ0v) is 18.2. The Morgan fingerprint density at radius 3 is 2.52 bits per heavy atom. The molecule has 0 aromatic heterocycles. The highest BCUT2D eigenvalue weighted by Crippen LogP contribution is 2.40. The fourth-order valence-corrected chi connectivity index (χ4v) is 4.82. The number of Topliss-reactive ketones (excluding diaryl/α,β-unsaturated/α-hetero) is 1. The number of piperidine rings is 1. The molecule has 0 atom stereocenters. The summed E-state index contributed by atoms with van der Waals surface area (Å²) >= 11 is 0. The Morgan fingerprint density at radius 1 is 1.16 bits per heavy atom. The summed E-state index contributed by atoms with van der Waals surface area (Å²) < 4.78 is 31.6. The van der Waals surface area contributed by atoms with Crippen molar-refractivity contribution in [3.05, 3.63) is 59.2 Å². The largest absolute Gasteiger partial charge is 0.486 e. The van der Waals surface area contributed by atoms with Crippen molar-refractivity contribution in [2.75, 3.05) is 30.6 Å². The van der Waals surface area contributed by atoms with E-state index in [2.05, 4.69) is 15.7 Å². The summed E-state index contributed by atoms with van der Waals surface area (Å²) in [6.07, 6.45) is 3.85. The van der Waals surface area contributed by atoms with Crippen LogP contribution in [0.4, 0.5) is 5.69 Å². The standard InChI is InChI=1S/C23H25N3O4S/c1-31(28,29)25-19-6-7-22-20(14-19)21(27)15-23(30-22)9-12-26(13-10-23)11-8-17-2-4-18(16-24)5-3-17/h2-7,14,25H,8-13,15H2,1H3. The molecule has 31 heavy (non-hydrogen) atoms. The molecule has 0 amide bonds. The van der Waals surface area contributed by atoms with Gasteiger partial charge in [-0.15, -0.1) is 0 Å². The topological polar surface area (TPSA) is 99.5 Å². The van der Waals surface area contributed by atoms with Crippen LogP contribution in [0.2, 0.25) is 0 Å². The van der Waals surface area contributed by atoms with E-state index in [-0.39, 0.29) is 5.78 Å². The molecule has 0 bridgehead atoms. The first-order valence-electron chi connectivity index (χ1n) is 10.3. The van der Waals surface area contributed by atoms with Gasteiger partial charge in [-0.25, -0.2) is 8.42 Å². The van der Waals surface area contributed by atoms with Crippen LogP contribution in [-0.4, -0.2) is 50.6 Å². The second-order valence-corrected chi connectivity index (χ2v) is 10.1. The molecule has 0 unspecified atom stereocenters. The number of benzene rings is 2. The molecule has 2 aromatic carbocycles. The lowest BCUT2D eigenvalue weighted by molar-refractivity contribution is -0.00865. The van der Waals surface area contributed by atoms with Crippen LogP contribution in [0.3, 0.4) is 0 Å². The minimum atomic E-state index is -3.41. The molecule has 7 nitrogen and oxygen atoms in total. The lowest BCUT2D eigenvalue weighted by Crippen LogP contribution is -2.51. The number of ketones is 1. The average molecular weight is 440 g/mol. The minimum Gasteiger partial charge on any atom is -0.486 e. The van der Waals surface area contributed by atoms with E-state index in [4.69, 9.17) is 10.00 Å². The summed E-state index contributed by atoms with van der Waals surface area (Å²) in [5.41, 5.74) is 2.19. The van der Waals surface area contributed by atoms with Crippen LogP contribution in [-0.2, 0) is 16.4 Å². The molecule has 1 fully saturated rings. The molecule has 2 heterocycles. The summed E-state index contributed by atoms with van der Waals surface area (Å²) in [7, 11) is -3.41. The molecule has 2 aromatic rings. The number of nitrogens with one attached hydrogen (secondary N) is 1. The Kier molecular flexibility index (Phi) is 5.73. The highest BCUT2D eigenvalue weighted by Gasteiger charge is 2.42. The third-order valence-electron chi connectivity index (χ3n) is 5.96. The van der Waals surface area contributed by atoms with Crippen LogP contribution in [0.1, 0.15) is 40.7 Å². The molecule has 8 heteroatoms. The van der Waals surface area contributed by atoms with Gasteiger partial charge >= 0.3 is 0 Å². The maximum Gasteiger partial charge on any atom is 0.229 e. The first-order chi connectivity index (χ1) is 14.8. The fourth-order valence-electron chi connectivity index (χ4n) is 4.27. The molecule has 2 aliphatic heterocycles. The van der Waals surface area contributed by atoms with Crippen LogP contribution >= 0.6 is 0 Å². The van der Waals surface area contributed by atoms with E-state index in [9.17, 15) is 13.2 Å². The number of carbonyl (C=O) groups is 1. The predicted molar refractivity (Wildman–Crippen MR) is 118 cm³/mol. The molecule has 4 rings (SSSR count). The normalized spacial score (nSPS) is 18.1. The van der Waals surface area contributed by atoms with Crippen LogP contribution in [0.15, 0.2) is 42.5 Å². The fraction of sp³-hybridized carbons (Fsp3) is 0.391. The van der Waals surface area contributed by atoms with Crippen molar-refractivity contribution in [1.29, 1.82) is 5.26 Å². The molecule has 0 radical (unpaired) electrons. The summed E-state index contributed by atoms with van der Waals surface area (Å²) in [6.45, 7) is 2.63. The van der Waals surface area contributed by atoms with Crippen molar-refractivity contribution in [3.63, 3.8) is 0 Å². The Balaban J connectivity index is 1.36. The lowest BCUT2D eigenvalue weighted by Gasteiger charge is -2.44. The SMILES string of the molecule is CS(=O)(=O)Nc1ccc2c(c1)C(=O)CC1(CCN(CCc3ccc(C#N)cc3)CC1)O2. The van der Waals surface area contributed by atoms with E-state index in [1.54, 1.807) is 18.2 Å². The van der Waals surface area contributed by atoms with E-state index < -0.39 is 15.6 Å². The number of ether oxygens (including phenoxy) is 1. The van der Waals surface area contributed by atoms with Gasteiger partial charge in [0.15, 0.2) is 5.78 Å². The monoisotopic (exact) mass is 439 g/mol. The van der Waals surface area contributed by atoms with Crippen molar-refractivity contribution in [3.8, 4) is 11.8 Å². The zero-order chi connectivity index (χ0) is 22.1. The average Bonchev–Trinajstić information content (AvgIpc) is 2.73. The molecular formula is C23H25N3O4S. The quantitative estimate of drug-likeness (QED) is 0.769. The number of nitrogens with zero attached hydrogens (tertiary/aromatic N) is 2. The Bertz CT molecular complexity index is 1130. The predicted octanol–water partition coefficient (Wildman–Crippen LogP) is 2.97. The summed E-state index contributed by atoms with van der Waals surface area (Å²) in [5.74, 6) is 0.519.